The van der Waals surface area contributed by atoms with E-state index in [-0.39, 0.29) is 5.82 Å². The van der Waals surface area contributed by atoms with Crippen LogP contribution in [0.4, 0.5) is 4.39 Å². The first-order valence-electron chi connectivity index (χ1n) is 5.71. The quantitative estimate of drug-likeness (QED) is 0.812. The fourth-order valence-electron chi connectivity index (χ4n) is 1.90. The first-order chi connectivity index (χ1) is 8.66. The molecular formula is C15H13FNO. The van der Waals surface area contributed by atoms with Crippen molar-refractivity contribution in [3.05, 3.63) is 71.5 Å². The highest BCUT2D eigenvalue weighted by atomic mass is 19.1. The molecule has 1 unspecified atom stereocenters. The van der Waals surface area contributed by atoms with Gasteiger partial charge in [0.15, 0.2) is 0 Å². The number of amides is 1. The molecule has 2 rings (SSSR count). The lowest BCUT2D eigenvalue weighted by molar-refractivity contribution is -0.120. The van der Waals surface area contributed by atoms with Crippen molar-refractivity contribution in [3.63, 3.8) is 0 Å². The van der Waals surface area contributed by atoms with Gasteiger partial charge in [-0.2, -0.15) is 0 Å². The summed E-state index contributed by atoms with van der Waals surface area (Å²) in [5, 5.41) is 0. The third kappa shape index (κ3) is 2.94. The molecule has 1 amide bonds. The van der Waals surface area contributed by atoms with E-state index in [0.29, 0.717) is 6.42 Å². The number of halogens is 1. The third-order valence-electron chi connectivity index (χ3n) is 2.87. The number of hydrogen-bond acceptors (Lipinski definition) is 1. The van der Waals surface area contributed by atoms with Crippen molar-refractivity contribution in [1.82, 2.24) is 5.73 Å². The number of carbonyl (C=O) groups is 1. The molecule has 0 aliphatic rings. The molecule has 1 radical (unpaired) electrons. The van der Waals surface area contributed by atoms with Crippen LogP contribution in [0.3, 0.4) is 0 Å². The molecule has 0 aromatic heterocycles. The molecule has 0 aliphatic heterocycles. The lowest BCUT2D eigenvalue weighted by Crippen LogP contribution is -2.15. The van der Waals surface area contributed by atoms with Crippen LogP contribution in [-0.2, 0) is 11.2 Å². The standard InChI is InChI=1S/C15H13FNO/c16-13-8-6-11(7-9-13)10-14(15(17)18)12-4-2-1-3-5-12/h1-9,14,17H,10H2. The van der Waals surface area contributed by atoms with Crippen molar-refractivity contribution >= 4 is 5.91 Å². The lowest BCUT2D eigenvalue weighted by atomic mass is 9.91. The number of hydrogen-bond donors (Lipinski definition) is 0. The Bertz CT molecular complexity index is 522. The lowest BCUT2D eigenvalue weighted by Gasteiger charge is -2.13. The highest BCUT2D eigenvalue weighted by molar-refractivity contribution is 5.81. The van der Waals surface area contributed by atoms with Crippen LogP contribution in [0.1, 0.15) is 17.0 Å². The van der Waals surface area contributed by atoms with Gasteiger partial charge in [0.2, 0.25) is 5.91 Å². The van der Waals surface area contributed by atoms with Crippen LogP contribution in [0.15, 0.2) is 54.6 Å². The van der Waals surface area contributed by atoms with Crippen LogP contribution in [-0.4, -0.2) is 5.91 Å². The summed E-state index contributed by atoms with van der Waals surface area (Å²) in [5.74, 6) is -1.41. The van der Waals surface area contributed by atoms with Gasteiger partial charge in [0, 0.05) is 0 Å². The normalized spacial score (nSPS) is 12.1. The molecule has 0 spiro atoms. The van der Waals surface area contributed by atoms with Gasteiger partial charge >= 0.3 is 0 Å². The number of rotatable bonds is 4. The van der Waals surface area contributed by atoms with Gasteiger partial charge in [-0.05, 0) is 29.7 Å². The Morgan fingerprint density at radius 3 is 2.22 bits per heavy atom. The van der Waals surface area contributed by atoms with Crippen molar-refractivity contribution in [2.75, 3.05) is 0 Å². The van der Waals surface area contributed by atoms with E-state index >= 15 is 0 Å². The molecule has 0 heterocycles. The van der Waals surface area contributed by atoms with E-state index in [1.54, 1.807) is 12.1 Å². The summed E-state index contributed by atoms with van der Waals surface area (Å²) in [6.45, 7) is 0. The molecule has 0 aliphatic carbocycles. The predicted octanol–water partition coefficient (Wildman–Crippen LogP) is 2.96. The van der Waals surface area contributed by atoms with E-state index in [1.807, 2.05) is 30.3 Å². The first-order valence-corrected chi connectivity index (χ1v) is 5.71. The van der Waals surface area contributed by atoms with E-state index in [1.165, 1.54) is 12.1 Å². The monoisotopic (exact) mass is 242 g/mol. The molecule has 2 aromatic rings. The zero-order valence-electron chi connectivity index (χ0n) is 9.77. The Kier molecular flexibility index (Phi) is 3.72. The molecular weight excluding hydrogens is 229 g/mol. The average Bonchev–Trinajstić information content (AvgIpc) is 2.38. The molecule has 0 saturated heterocycles. The van der Waals surface area contributed by atoms with Crippen LogP contribution in [0, 0.1) is 5.82 Å². The van der Waals surface area contributed by atoms with E-state index in [4.69, 9.17) is 5.73 Å². The van der Waals surface area contributed by atoms with Gasteiger partial charge in [-0.15, -0.1) is 0 Å². The minimum atomic E-state index is -0.620. The van der Waals surface area contributed by atoms with Gasteiger partial charge in [0.1, 0.15) is 5.82 Å². The van der Waals surface area contributed by atoms with E-state index in [9.17, 15) is 9.18 Å². The second kappa shape index (κ2) is 5.45. The summed E-state index contributed by atoms with van der Waals surface area (Å²) in [7, 11) is 0. The molecule has 2 aromatic carbocycles. The Morgan fingerprint density at radius 1 is 1.06 bits per heavy atom. The zero-order chi connectivity index (χ0) is 13.0. The van der Waals surface area contributed by atoms with Gasteiger partial charge in [-0.25, -0.2) is 4.39 Å². The average molecular weight is 242 g/mol. The molecule has 0 fully saturated rings. The maximum atomic E-state index is 12.8. The Hall–Kier alpha value is -2.16. The predicted molar refractivity (Wildman–Crippen MR) is 67.4 cm³/mol. The maximum Gasteiger partial charge on any atom is 0.246 e. The summed E-state index contributed by atoms with van der Waals surface area (Å²) >= 11 is 0. The van der Waals surface area contributed by atoms with Crippen LogP contribution < -0.4 is 5.73 Å². The Labute approximate surface area is 105 Å². The minimum absolute atomic E-state index is 0.299. The Balaban J connectivity index is 2.22. The first kappa shape index (κ1) is 12.3. The number of nitrogens with one attached hydrogen (secondary N) is 1. The largest absolute Gasteiger partial charge is 0.273 e. The van der Waals surface area contributed by atoms with Crippen LogP contribution in [0.2, 0.25) is 0 Å². The summed E-state index contributed by atoms with van der Waals surface area (Å²) in [6.07, 6.45) is 0.423. The van der Waals surface area contributed by atoms with Gasteiger partial charge in [0.25, 0.3) is 0 Å². The molecule has 1 N–H and O–H groups in total. The van der Waals surface area contributed by atoms with E-state index < -0.39 is 11.8 Å². The van der Waals surface area contributed by atoms with Crippen molar-refractivity contribution in [1.29, 1.82) is 0 Å². The minimum Gasteiger partial charge on any atom is -0.273 e. The summed E-state index contributed by atoms with van der Waals surface area (Å²) in [4.78, 5) is 11.4. The van der Waals surface area contributed by atoms with E-state index in [2.05, 4.69) is 0 Å². The SMILES string of the molecule is [NH]C(=O)C(Cc1ccc(F)cc1)c1ccccc1. The fraction of sp³-hybridized carbons (Fsp3) is 0.133. The van der Waals surface area contributed by atoms with Crippen molar-refractivity contribution in [3.8, 4) is 0 Å². The number of benzene rings is 2. The van der Waals surface area contributed by atoms with Gasteiger partial charge in [0.05, 0.1) is 5.92 Å². The highest BCUT2D eigenvalue weighted by Crippen LogP contribution is 2.21. The van der Waals surface area contributed by atoms with Crippen LogP contribution >= 0.6 is 0 Å². The van der Waals surface area contributed by atoms with Gasteiger partial charge in [-0.1, -0.05) is 42.5 Å². The second-order valence-corrected chi connectivity index (χ2v) is 4.16. The highest BCUT2D eigenvalue weighted by Gasteiger charge is 2.18. The molecule has 18 heavy (non-hydrogen) atoms. The zero-order valence-corrected chi connectivity index (χ0v) is 9.77. The molecule has 91 valence electrons. The summed E-state index contributed by atoms with van der Waals surface area (Å²) < 4.78 is 12.8. The second-order valence-electron chi connectivity index (χ2n) is 4.16. The summed E-state index contributed by atoms with van der Waals surface area (Å²) in [6, 6.07) is 15.3. The molecule has 2 nitrogen and oxygen atoms in total. The van der Waals surface area contributed by atoms with Crippen molar-refractivity contribution in [2.24, 2.45) is 0 Å². The van der Waals surface area contributed by atoms with Crippen LogP contribution in [0.25, 0.3) is 0 Å². The molecule has 0 bridgehead atoms. The van der Waals surface area contributed by atoms with Crippen LogP contribution in [0.5, 0.6) is 0 Å². The third-order valence-corrected chi connectivity index (χ3v) is 2.87. The fourth-order valence-corrected chi connectivity index (χ4v) is 1.90. The smallest absolute Gasteiger partial charge is 0.246 e. The molecule has 3 heteroatoms. The van der Waals surface area contributed by atoms with Gasteiger partial charge < -0.3 is 0 Å². The molecule has 1 atom stereocenters. The van der Waals surface area contributed by atoms with Crippen molar-refractivity contribution in [2.45, 2.75) is 12.3 Å². The summed E-state index contributed by atoms with van der Waals surface area (Å²) in [5.41, 5.74) is 9.02. The molecule has 0 saturated carbocycles. The maximum absolute atomic E-state index is 12.8. The topological polar surface area (TPSA) is 40.9 Å². The van der Waals surface area contributed by atoms with Crippen molar-refractivity contribution < 1.29 is 9.18 Å². The van der Waals surface area contributed by atoms with E-state index in [0.717, 1.165) is 11.1 Å². The Morgan fingerprint density at radius 2 is 1.67 bits per heavy atom. The van der Waals surface area contributed by atoms with Gasteiger partial charge in [-0.3, -0.25) is 10.5 Å². The number of carbonyl (C=O) groups excluding carboxylic acids is 1.